The number of hydrogen-bond acceptors (Lipinski definition) is 0. The molecule has 0 nitrogen and oxygen atoms in total. The third-order valence-corrected chi connectivity index (χ3v) is 5.40. The fourth-order valence-corrected chi connectivity index (χ4v) is 4.06. The van der Waals surface area contributed by atoms with E-state index in [0.717, 1.165) is 23.7 Å². The molecular weight excluding hydrogens is 204 g/mol. The SMILES string of the molecule is C=CCCC1CCC(C2CCC(C)CC2)CC1.[HH].[HH]. The van der Waals surface area contributed by atoms with Crippen molar-refractivity contribution in [3.8, 4) is 0 Å². The van der Waals surface area contributed by atoms with Crippen molar-refractivity contribution in [3.63, 3.8) is 0 Å². The van der Waals surface area contributed by atoms with E-state index in [-0.39, 0.29) is 2.85 Å². The van der Waals surface area contributed by atoms with Crippen molar-refractivity contribution in [2.45, 2.75) is 71.1 Å². The van der Waals surface area contributed by atoms with E-state index in [1.807, 2.05) is 0 Å². The second-order valence-electron chi connectivity index (χ2n) is 6.67. The topological polar surface area (TPSA) is 0 Å². The van der Waals surface area contributed by atoms with Crippen molar-refractivity contribution < 1.29 is 2.85 Å². The van der Waals surface area contributed by atoms with Crippen molar-refractivity contribution in [2.75, 3.05) is 0 Å². The molecule has 0 atom stereocenters. The van der Waals surface area contributed by atoms with Gasteiger partial charge < -0.3 is 0 Å². The first-order valence-corrected chi connectivity index (χ1v) is 7.90. The molecule has 102 valence electrons. The van der Waals surface area contributed by atoms with Crippen molar-refractivity contribution in [2.24, 2.45) is 23.7 Å². The van der Waals surface area contributed by atoms with E-state index in [1.54, 1.807) is 0 Å². The van der Waals surface area contributed by atoms with Gasteiger partial charge in [0.25, 0.3) is 0 Å². The van der Waals surface area contributed by atoms with Gasteiger partial charge >= 0.3 is 0 Å². The van der Waals surface area contributed by atoms with Gasteiger partial charge in [0.05, 0.1) is 0 Å². The minimum atomic E-state index is 0. The molecule has 2 aliphatic rings. The number of hydrogen-bond donors (Lipinski definition) is 0. The van der Waals surface area contributed by atoms with Crippen molar-refractivity contribution >= 4 is 0 Å². The quantitative estimate of drug-likeness (QED) is 0.521. The summed E-state index contributed by atoms with van der Waals surface area (Å²) in [5, 5.41) is 0. The summed E-state index contributed by atoms with van der Waals surface area (Å²) in [4.78, 5) is 0. The van der Waals surface area contributed by atoms with Gasteiger partial charge in [-0.2, -0.15) is 0 Å². The molecule has 0 amide bonds. The fourth-order valence-electron chi connectivity index (χ4n) is 4.06. The van der Waals surface area contributed by atoms with Gasteiger partial charge in [0.2, 0.25) is 0 Å². The zero-order valence-electron chi connectivity index (χ0n) is 11.7. The van der Waals surface area contributed by atoms with Gasteiger partial charge in [0, 0.05) is 2.85 Å². The number of allylic oxidation sites excluding steroid dienone is 1. The van der Waals surface area contributed by atoms with Crippen LogP contribution in [0.1, 0.15) is 74.0 Å². The maximum Gasteiger partial charge on any atom is 0 e. The lowest BCUT2D eigenvalue weighted by molar-refractivity contribution is 0.148. The van der Waals surface area contributed by atoms with Crippen molar-refractivity contribution in [1.82, 2.24) is 0 Å². The van der Waals surface area contributed by atoms with Gasteiger partial charge in [-0.25, -0.2) is 0 Å². The van der Waals surface area contributed by atoms with Crippen LogP contribution in [0.3, 0.4) is 0 Å². The molecule has 2 saturated carbocycles. The van der Waals surface area contributed by atoms with E-state index in [1.165, 1.54) is 64.2 Å². The van der Waals surface area contributed by atoms with Crippen LogP contribution in [0.25, 0.3) is 0 Å². The van der Waals surface area contributed by atoms with Crippen LogP contribution in [0.4, 0.5) is 0 Å². The Morgan fingerprint density at radius 2 is 1.47 bits per heavy atom. The lowest BCUT2D eigenvalue weighted by Crippen LogP contribution is -2.25. The summed E-state index contributed by atoms with van der Waals surface area (Å²) in [6.07, 6.45) is 16.9. The average Bonchev–Trinajstić information content (AvgIpc) is 2.38. The molecule has 17 heavy (non-hydrogen) atoms. The highest BCUT2D eigenvalue weighted by atomic mass is 14.3. The second-order valence-corrected chi connectivity index (χ2v) is 6.67. The predicted octanol–water partition coefficient (Wildman–Crippen LogP) is 6.08. The normalized spacial score (nSPS) is 38.9. The van der Waals surface area contributed by atoms with Crippen LogP contribution in [0, 0.1) is 23.7 Å². The second kappa shape index (κ2) is 6.61. The number of rotatable bonds is 4. The van der Waals surface area contributed by atoms with Gasteiger partial charge in [-0.1, -0.05) is 38.7 Å². The molecule has 0 aromatic heterocycles. The standard InChI is InChI=1S/C17H30.2H2/c1-3-4-5-15-8-12-17(13-9-15)16-10-6-14(2)7-11-16;;/h3,14-17H,1,4-13H2,2H3;2*1H. The monoisotopic (exact) mass is 238 g/mol. The Morgan fingerprint density at radius 1 is 0.941 bits per heavy atom. The first-order chi connectivity index (χ1) is 8.29. The highest BCUT2D eigenvalue weighted by Crippen LogP contribution is 2.41. The largest absolute Gasteiger partial charge is 0.103 e. The zero-order valence-corrected chi connectivity index (χ0v) is 11.7. The molecule has 0 radical (unpaired) electrons. The maximum absolute atomic E-state index is 3.84. The molecule has 0 unspecified atom stereocenters. The third-order valence-electron chi connectivity index (χ3n) is 5.40. The van der Waals surface area contributed by atoms with E-state index in [4.69, 9.17) is 0 Å². The Labute approximate surface area is 111 Å². The Hall–Kier alpha value is -0.260. The Bertz CT molecular complexity index is 223. The predicted molar refractivity (Wildman–Crippen MR) is 80.2 cm³/mol. The third kappa shape index (κ3) is 3.86. The minimum absolute atomic E-state index is 0. The van der Waals surface area contributed by atoms with Crippen LogP contribution >= 0.6 is 0 Å². The van der Waals surface area contributed by atoms with E-state index in [9.17, 15) is 0 Å². The minimum Gasteiger partial charge on any atom is -0.103 e. The van der Waals surface area contributed by atoms with Crippen LogP contribution in [-0.2, 0) is 0 Å². The summed E-state index contributed by atoms with van der Waals surface area (Å²) in [6, 6.07) is 0. The van der Waals surface area contributed by atoms with E-state index in [0.29, 0.717) is 0 Å². The molecule has 2 fully saturated rings. The van der Waals surface area contributed by atoms with Gasteiger partial charge in [0.15, 0.2) is 0 Å². The van der Waals surface area contributed by atoms with E-state index in [2.05, 4.69) is 19.6 Å². The highest BCUT2D eigenvalue weighted by Gasteiger charge is 2.29. The maximum atomic E-state index is 3.84. The summed E-state index contributed by atoms with van der Waals surface area (Å²) in [5.74, 6) is 4.20. The van der Waals surface area contributed by atoms with Gasteiger partial charge in [0.1, 0.15) is 0 Å². The molecule has 0 heterocycles. The van der Waals surface area contributed by atoms with Gasteiger partial charge in [-0.05, 0) is 62.2 Å². The van der Waals surface area contributed by atoms with Crippen LogP contribution in [0.15, 0.2) is 12.7 Å². The summed E-state index contributed by atoms with van der Waals surface area (Å²) in [5.41, 5.74) is 0. The summed E-state index contributed by atoms with van der Waals surface area (Å²) < 4.78 is 0. The lowest BCUT2D eigenvalue weighted by Gasteiger charge is -2.37. The Balaban J connectivity index is 0.00000162. The molecule has 0 spiro atoms. The average molecular weight is 238 g/mol. The Kier molecular flexibility index (Phi) is 5.13. The smallest absolute Gasteiger partial charge is 0 e. The molecule has 0 aromatic rings. The summed E-state index contributed by atoms with van der Waals surface area (Å²) >= 11 is 0. The van der Waals surface area contributed by atoms with Gasteiger partial charge in [-0.3, -0.25) is 0 Å². The molecule has 2 aliphatic carbocycles. The van der Waals surface area contributed by atoms with Crippen LogP contribution in [0.2, 0.25) is 0 Å². The molecular formula is C17H34. The first kappa shape index (κ1) is 13.2. The Morgan fingerprint density at radius 3 is 2.00 bits per heavy atom. The van der Waals surface area contributed by atoms with Crippen LogP contribution in [-0.4, -0.2) is 0 Å². The molecule has 0 saturated heterocycles. The van der Waals surface area contributed by atoms with E-state index >= 15 is 0 Å². The molecule has 0 aromatic carbocycles. The lowest BCUT2D eigenvalue weighted by atomic mass is 9.69. The molecule has 0 bridgehead atoms. The molecule has 2 rings (SSSR count). The highest BCUT2D eigenvalue weighted by molar-refractivity contribution is 4.82. The first-order valence-electron chi connectivity index (χ1n) is 7.90. The van der Waals surface area contributed by atoms with Crippen LogP contribution < -0.4 is 0 Å². The summed E-state index contributed by atoms with van der Waals surface area (Å²) in [6.45, 7) is 6.27. The van der Waals surface area contributed by atoms with E-state index < -0.39 is 0 Å². The van der Waals surface area contributed by atoms with Crippen LogP contribution in [0.5, 0.6) is 0 Å². The summed E-state index contributed by atoms with van der Waals surface area (Å²) in [7, 11) is 0. The van der Waals surface area contributed by atoms with Crippen molar-refractivity contribution in [3.05, 3.63) is 12.7 Å². The molecule has 0 heteroatoms. The molecule has 0 N–H and O–H groups in total. The zero-order chi connectivity index (χ0) is 12.1. The van der Waals surface area contributed by atoms with Crippen molar-refractivity contribution in [1.29, 1.82) is 0 Å². The molecule has 0 aliphatic heterocycles. The fraction of sp³-hybridized carbons (Fsp3) is 0.882. The van der Waals surface area contributed by atoms with Gasteiger partial charge in [-0.15, -0.1) is 6.58 Å².